The molecule has 1 aliphatic heterocycles. The fraction of sp³-hybridized carbons (Fsp3) is 0.474. The van der Waals surface area contributed by atoms with Crippen LogP contribution >= 0.6 is 0 Å². The van der Waals surface area contributed by atoms with Crippen molar-refractivity contribution in [1.29, 1.82) is 0 Å². The van der Waals surface area contributed by atoms with Crippen molar-refractivity contribution < 1.29 is 23.5 Å². The number of aryl methyl sites for hydroxylation is 1. The van der Waals surface area contributed by atoms with Crippen molar-refractivity contribution in [2.45, 2.75) is 19.8 Å². The van der Waals surface area contributed by atoms with Gasteiger partial charge in [-0.3, -0.25) is 4.79 Å². The van der Waals surface area contributed by atoms with Crippen LogP contribution in [0.2, 0.25) is 0 Å². The van der Waals surface area contributed by atoms with E-state index in [1.807, 2.05) is 24.3 Å². The Labute approximate surface area is 163 Å². The SMILES string of the molecule is CCOC(=O)N1CCN(C(=O)CCc2nnc(-c3cccc(OC)c3)o2)CC1. The summed E-state index contributed by atoms with van der Waals surface area (Å²) >= 11 is 0. The summed E-state index contributed by atoms with van der Waals surface area (Å²) in [4.78, 5) is 27.5. The molecule has 1 aromatic heterocycles. The number of amides is 2. The van der Waals surface area contributed by atoms with E-state index in [2.05, 4.69) is 10.2 Å². The smallest absolute Gasteiger partial charge is 0.409 e. The molecule has 28 heavy (non-hydrogen) atoms. The summed E-state index contributed by atoms with van der Waals surface area (Å²) in [5, 5.41) is 8.07. The van der Waals surface area contributed by atoms with Crippen LogP contribution in [0.5, 0.6) is 5.75 Å². The number of nitrogens with zero attached hydrogens (tertiary/aromatic N) is 4. The molecule has 0 unspecified atom stereocenters. The maximum atomic E-state index is 12.4. The highest BCUT2D eigenvalue weighted by Gasteiger charge is 2.25. The molecule has 2 aromatic rings. The second kappa shape index (κ2) is 9.20. The zero-order chi connectivity index (χ0) is 19.9. The van der Waals surface area contributed by atoms with Crippen molar-refractivity contribution in [3.63, 3.8) is 0 Å². The average Bonchev–Trinajstić information content (AvgIpc) is 3.21. The molecule has 0 bridgehead atoms. The van der Waals surface area contributed by atoms with Crippen molar-refractivity contribution in [3.8, 4) is 17.2 Å². The number of hydrogen-bond acceptors (Lipinski definition) is 7. The van der Waals surface area contributed by atoms with Crippen LogP contribution in [0.15, 0.2) is 28.7 Å². The van der Waals surface area contributed by atoms with Gasteiger partial charge in [0.2, 0.25) is 17.7 Å². The van der Waals surface area contributed by atoms with E-state index in [9.17, 15) is 9.59 Å². The maximum absolute atomic E-state index is 12.4. The molecule has 1 saturated heterocycles. The van der Waals surface area contributed by atoms with E-state index in [1.165, 1.54) is 0 Å². The van der Waals surface area contributed by atoms with Gasteiger partial charge in [0.1, 0.15) is 5.75 Å². The van der Waals surface area contributed by atoms with Crippen molar-refractivity contribution in [1.82, 2.24) is 20.0 Å². The molecule has 3 rings (SSSR count). The largest absolute Gasteiger partial charge is 0.497 e. The van der Waals surface area contributed by atoms with E-state index in [1.54, 1.807) is 23.8 Å². The third-order valence-electron chi connectivity index (χ3n) is 4.49. The summed E-state index contributed by atoms with van der Waals surface area (Å²) in [7, 11) is 1.59. The van der Waals surface area contributed by atoms with Gasteiger partial charge in [-0.25, -0.2) is 4.79 Å². The zero-order valence-electron chi connectivity index (χ0n) is 16.1. The van der Waals surface area contributed by atoms with Gasteiger partial charge in [-0.2, -0.15) is 0 Å². The van der Waals surface area contributed by atoms with Crippen LogP contribution in [0.3, 0.4) is 0 Å². The van der Waals surface area contributed by atoms with Crippen LogP contribution in [0.25, 0.3) is 11.5 Å². The summed E-state index contributed by atoms with van der Waals surface area (Å²) in [5.41, 5.74) is 0.763. The first-order valence-electron chi connectivity index (χ1n) is 9.27. The van der Waals surface area contributed by atoms with Crippen molar-refractivity contribution in [2.24, 2.45) is 0 Å². The van der Waals surface area contributed by atoms with Gasteiger partial charge < -0.3 is 23.7 Å². The molecular formula is C19H24N4O5. The maximum Gasteiger partial charge on any atom is 0.409 e. The Morgan fingerprint density at radius 3 is 2.61 bits per heavy atom. The summed E-state index contributed by atoms with van der Waals surface area (Å²) in [5.74, 6) is 1.51. The minimum Gasteiger partial charge on any atom is -0.497 e. The summed E-state index contributed by atoms with van der Waals surface area (Å²) in [6.07, 6.45) is 0.318. The highest BCUT2D eigenvalue weighted by Crippen LogP contribution is 2.23. The van der Waals surface area contributed by atoms with Crippen LogP contribution in [0.4, 0.5) is 4.79 Å². The summed E-state index contributed by atoms with van der Waals surface area (Å²) < 4.78 is 15.8. The van der Waals surface area contributed by atoms with Gasteiger partial charge in [0.15, 0.2) is 0 Å². The summed E-state index contributed by atoms with van der Waals surface area (Å²) in [6, 6.07) is 7.35. The van der Waals surface area contributed by atoms with Gasteiger partial charge in [-0.1, -0.05) is 6.07 Å². The van der Waals surface area contributed by atoms with E-state index >= 15 is 0 Å². The number of methoxy groups -OCH3 is 1. The molecule has 1 fully saturated rings. The minimum atomic E-state index is -0.328. The molecule has 0 saturated carbocycles. The van der Waals surface area contributed by atoms with Gasteiger partial charge in [0.25, 0.3) is 0 Å². The first-order valence-corrected chi connectivity index (χ1v) is 9.27. The molecule has 0 atom stereocenters. The first-order chi connectivity index (χ1) is 13.6. The van der Waals surface area contributed by atoms with Crippen LogP contribution in [-0.2, 0) is 16.0 Å². The molecular weight excluding hydrogens is 364 g/mol. The lowest BCUT2D eigenvalue weighted by molar-refractivity contribution is -0.132. The van der Waals surface area contributed by atoms with E-state index in [0.29, 0.717) is 56.7 Å². The normalized spacial score (nSPS) is 14.1. The molecule has 1 aromatic carbocycles. The predicted molar refractivity (Wildman–Crippen MR) is 99.8 cm³/mol. The van der Waals surface area contributed by atoms with E-state index < -0.39 is 0 Å². The lowest BCUT2D eigenvalue weighted by Crippen LogP contribution is -2.50. The third kappa shape index (κ3) is 4.79. The molecule has 0 N–H and O–H groups in total. The Balaban J connectivity index is 1.49. The fourth-order valence-corrected chi connectivity index (χ4v) is 2.95. The molecule has 0 radical (unpaired) electrons. The molecule has 150 valence electrons. The number of carbonyl (C=O) groups is 2. The average molecular weight is 388 g/mol. The van der Waals surface area contributed by atoms with Crippen molar-refractivity contribution >= 4 is 12.0 Å². The van der Waals surface area contributed by atoms with E-state index in [-0.39, 0.29) is 18.4 Å². The predicted octanol–water partition coefficient (Wildman–Crippen LogP) is 1.98. The quantitative estimate of drug-likeness (QED) is 0.746. The number of carbonyl (C=O) groups excluding carboxylic acids is 2. The zero-order valence-corrected chi connectivity index (χ0v) is 16.1. The van der Waals surface area contributed by atoms with Gasteiger partial charge in [-0.05, 0) is 25.1 Å². The lowest BCUT2D eigenvalue weighted by Gasteiger charge is -2.34. The Morgan fingerprint density at radius 2 is 1.89 bits per heavy atom. The van der Waals surface area contributed by atoms with Crippen LogP contribution in [0, 0.1) is 0 Å². The topological polar surface area (TPSA) is 98.0 Å². The monoisotopic (exact) mass is 388 g/mol. The molecule has 1 aliphatic rings. The second-order valence-electron chi connectivity index (χ2n) is 6.30. The van der Waals surface area contributed by atoms with Crippen molar-refractivity contribution in [3.05, 3.63) is 30.2 Å². The molecule has 9 nitrogen and oxygen atoms in total. The van der Waals surface area contributed by atoms with E-state index in [0.717, 1.165) is 5.56 Å². The van der Waals surface area contributed by atoms with Crippen molar-refractivity contribution in [2.75, 3.05) is 39.9 Å². The molecule has 0 spiro atoms. The summed E-state index contributed by atoms with van der Waals surface area (Å²) in [6.45, 7) is 4.07. The Kier molecular flexibility index (Phi) is 6.46. The lowest BCUT2D eigenvalue weighted by atomic mass is 10.2. The third-order valence-corrected chi connectivity index (χ3v) is 4.49. The Bertz CT molecular complexity index is 814. The number of benzene rings is 1. The van der Waals surface area contributed by atoms with Gasteiger partial charge in [0, 0.05) is 44.6 Å². The fourth-order valence-electron chi connectivity index (χ4n) is 2.95. The van der Waals surface area contributed by atoms with E-state index in [4.69, 9.17) is 13.9 Å². The Morgan fingerprint density at radius 1 is 1.14 bits per heavy atom. The van der Waals surface area contributed by atoms with Gasteiger partial charge >= 0.3 is 6.09 Å². The standard InChI is InChI=1S/C19H24N4O5/c1-3-27-19(25)23-11-9-22(10-12-23)17(24)8-7-16-20-21-18(28-16)14-5-4-6-15(13-14)26-2/h4-6,13H,3,7-12H2,1-2H3. The van der Waals surface area contributed by atoms with Crippen LogP contribution < -0.4 is 4.74 Å². The number of ether oxygens (including phenoxy) is 2. The molecule has 2 amide bonds. The first kappa shape index (κ1) is 19.7. The number of aromatic nitrogens is 2. The van der Waals surface area contributed by atoms with Crippen LogP contribution in [0.1, 0.15) is 19.2 Å². The highest BCUT2D eigenvalue weighted by molar-refractivity contribution is 5.77. The van der Waals surface area contributed by atoms with Crippen LogP contribution in [-0.4, -0.2) is 71.9 Å². The second-order valence-corrected chi connectivity index (χ2v) is 6.30. The number of rotatable bonds is 6. The molecule has 0 aliphatic carbocycles. The molecule has 2 heterocycles. The number of hydrogen-bond donors (Lipinski definition) is 0. The van der Waals surface area contributed by atoms with Gasteiger partial charge in [-0.15, -0.1) is 10.2 Å². The molecule has 9 heteroatoms. The Hall–Kier alpha value is -3.10. The minimum absolute atomic E-state index is 0.00430. The highest BCUT2D eigenvalue weighted by atomic mass is 16.6. The number of piperazine rings is 1. The van der Waals surface area contributed by atoms with Gasteiger partial charge in [0.05, 0.1) is 13.7 Å².